The van der Waals surface area contributed by atoms with Crippen LogP contribution in [0.4, 0.5) is 5.69 Å². The molecule has 1 amide bonds. The molecule has 0 aliphatic carbocycles. The number of aromatic nitrogens is 1. The summed E-state index contributed by atoms with van der Waals surface area (Å²) in [7, 11) is -1.35. The molecule has 2 aromatic carbocycles. The lowest BCUT2D eigenvalue weighted by molar-refractivity contribution is -0.384. The van der Waals surface area contributed by atoms with Crippen LogP contribution in [-0.4, -0.2) is 49.8 Å². The van der Waals surface area contributed by atoms with Gasteiger partial charge in [0.15, 0.2) is 14.6 Å². The van der Waals surface area contributed by atoms with Crippen molar-refractivity contribution >= 4 is 49.0 Å². The van der Waals surface area contributed by atoms with Gasteiger partial charge in [0.05, 0.1) is 34.3 Å². The number of rotatable bonds is 7. The van der Waals surface area contributed by atoms with Gasteiger partial charge in [-0.05, 0) is 30.3 Å². The summed E-state index contributed by atoms with van der Waals surface area (Å²) in [6.07, 6.45) is 0. The lowest BCUT2D eigenvalue weighted by Gasteiger charge is -2.05. The number of methoxy groups -OCH3 is 2. The van der Waals surface area contributed by atoms with Gasteiger partial charge < -0.3 is 14.0 Å². The average Bonchev–Trinajstić information content (AvgIpc) is 3.08. The summed E-state index contributed by atoms with van der Waals surface area (Å²) in [4.78, 5) is 38.6. The molecular weight excluding hydrogens is 462 g/mol. The summed E-state index contributed by atoms with van der Waals surface area (Å²) < 4.78 is 36.5. The first-order valence-corrected chi connectivity index (χ1v) is 11.4. The maximum absolute atomic E-state index is 12.6. The number of benzene rings is 2. The molecule has 0 saturated carbocycles. The van der Waals surface area contributed by atoms with Crippen molar-refractivity contribution in [3.8, 4) is 5.75 Å². The number of fused-ring (bicyclic) bond motifs is 1. The minimum Gasteiger partial charge on any atom is -0.497 e. The SMILES string of the molecule is COC(=O)Cn1c(=NC(=O)CS(=O)(=O)c2ccc(OC)cc2)sc2cc([N+](=O)[O-])ccc21. The number of carbonyl (C=O) groups is 2. The van der Waals surface area contributed by atoms with Crippen molar-refractivity contribution in [1.29, 1.82) is 0 Å². The molecule has 1 aromatic heterocycles. The zero-order chi connectivity index (χ0) is 23.5. The number of ether oxygens (including phenoxy) is 2. The number of hydrogen-bond acceptors (Lipinski definition) is 9. The van der Waals surface area contributed by atoms with Gasteiger partial charge in [-0.3, -0.25) is 19.7 Å². The van der Waals surface area contributed by atoms with Crippen LogP contribution in [0.25, 0.3) is 10.2 Å². The highest BCUT2D eigenvalue weighted by Gasteiger charge is 2.20. The maximum atomic E-state index is 12.6. The molecule has 1 heterocycles. The molecule has 0 bridgehead atoms. The van der Waals surface area contributed by atoms with Gasteiger partial charge in [0, 0.05) is 12.1 Å². The number of esters is 1. The molecule has 0 aliphatic rings. The number of hydrogen-bond donors (Lipinski definition) is 0. The Balaban J connectivity index is 2.01. The quantitative estimate of drug-likeness (QED) is 0.282. The summed E-state index contributed by atoms with van der Waals surface area (Å²) in [6.45, 7) is -0.314. The van der Waals surface area contributed by atoms with E-state index in [0.29, 0.717) is 16.0 Å². The van der Waals surface area contributed by atoms with Gasteiger partial charge in [0.25, 0.3) is 11.6 Å². The highest BCUT2D eigenvalue weighted by Crippen LogP contribution is 2.23. The molecule has 0 spiro atoms. The summed E-state index contributed by atoms with van der Waals surface area (Å²) in [5.74, 6) is -2.03. The minimum atomic E-state index is -3.98. The third kappa shape index (κ3) is 5.00. The van der Waals surface area contributed by atoms with Crippen molar-refractivity contribution in [2.24, 2.45) is 4.99 Å². The molecule has 0 radical (unpaired) electrons. The van der Waals surface area contributed by atoms with Gasteiger partial charge in [-0.2, -0.15) is 4.99 Å². The fourth-order valence-corrected chi connectivity index (χ4v) is 4.96. The molecule has 0 atom stereocenters. The molecular formula is C19H17N3O8S2. The van der Waals surface area contributed by atoms with Crippen molar-refractivity contribution in [3.63, 3.8) is 0 Å². The van der Waals surface area contributed by atoms with Crippen molar-refractivity contribution in [3.05, 3.63) is 57.4 Å². The number of sulfone groups is 1. The summed E-state index contributed by atoms with van der Waals surface area (Å²) >= 11 is 0.915. The number of amides is 1. The molecule has 168 valence electrons. The largest absolute Gasteiger partial charge is 0.497 e. The molecule has 0 aliphatic heterocycles. The fraction of sp³-hybridized carbons (Fsp3) is 0.211. The third-order valence-electron chi connectivity index (χ3n) is 4.34. The first-order valence-electron chi connectivity index (χ1n) is 8.93. The maximum Gasteiger partial charge on any atom is 0.325 e. The zero-order valence-electron chi connectivity index (χ0n) is 16.9. The van der Waals surface area contributed by atoms with Crippen LogP contribution in [0.3, 0.4) is 0 Å². The second-order valence-electron chi connectivity index (χ2n) is 6.40. The molecule has 13 heteroatoms. The number of nitro benzene ring substituents is 1. The van der Waals surface area contributed by atoms with E-state index >= 15 is 0 Å². The first kappa shape index (κ1) is 23.1. The Bertz CT molecular complexity index is 1370. The lowest BCUT2D eigenvalue weighted by atomic mass is 10.3. The van der Waals surface area contributed by atoms with E-state index in [4.69, 9.17) is 4.74 Å². The van der Waals surface area contributed by atoms with Crippen LogP contribution < -0.4 is 9.54 Å². The van der Waals surface area contributed by atoms with E-state index in [0.717, 1.165) is 11.3 Å². The molecule has 32 heavy (non-hydrogen) atoms. The van der Waals surface area contributed by atoms with E-state index in [1.165, 1.54) is 61.3 Å². The van der Waals surface area contributed by atoms with Crippen molar-refractivity contribution in [1.82, 2.24) is 4.57 Å². The Labute approximate surface area is 185 Å². The number of nitrogens with zero attached hydrogens (tertiary/aromatic N) is 3. The van der Waals surface area contributed by atoms with Crippen LogP contribution in [-0.2, 0) is 30.7 Å². The molecule has 0 N–H and O–H groups in total. The smallest absolute Gasteiger partial charge is 0.325 e. The normalized spacial score (nSPS) is 12.0. The van der Waals surface area contributed by atoms with Crippen molar-refractivity contribution < 1.29 is 32.4 Å². The van der Waals surface area contributed by atoms with Crippen molar-refractivity contribution in [2.75, 3.05) is 20.0 Å². The van der Waals surface area contributed by atoms with E-state index in [2.05, 4.69) is 9.73 Å². The molecule has 3 rings (SSSR count). The second-order valence-corrected chi connectivity index (χ2v) is 9.39. The predicted molar refractivity (Wildman–Crippen MR) is 114 cm³/mol. The monoisotopic (exact) mass is 479 g/mol. The summed E-state index contributed by atoms with van der Waals surface area (Å²) in [6, 6.07) is 9.50. The Morgan fingerprint density at radius 2 is 1.84 bits per heavy atom. The van der Waals surface area contributed by atoms with E-state index in [9.17, 15) is 28.1 Å². The van der Waals surface area contributed by atoms with Gasteiger partial charge >= 0.3 is 5.97 Å². The first-order chi connectivity index (χ1) is 15.1. The van der Waals surface area contributed by atoms with Crippen molar-refractivity contribution in [2.45, 2.75) is 11.4 Å². The van der Waals surface area contributed by atoms with Gasteiger partial charge in [-0.1, -0.05) is 11.3 Å². The number of carbonyl (C=O) groups excluding carboxylic acids is 2. The Morgan fingerprint density at radius 1 is 1.16 bits per heavy atom. The van der Waals surface area contributed by atoms with Crippen LogP contribution in [0.2, 0.25) is 0 Å². The highest BCUT2D eigenvalue weighted by atomic mass is 32.2. The summed E-state index contributed by atoms with van der Waals surface area (Å²) in [5, 5.41) is 11.0. The Kier molecular flexibility index (Phi) is 6.69. The molecule has 0 saturated heterocycles. The molecule has 3 aromatic rings. The van der Waals surface area contributed by atoms with Gasteiger partial charge in [-0.15, -0.1) is 0 Å². The highest BCUT2D eigenvalue weighted by molar-refractivity contribution is 7.92. The minimum absolute atomic E-state index is 0.0147. The van der Waals surface area contributed by atoms with Gasteiger partial charge in [-0.25, -0.2) is 8.42 Å². The summed E-state index contributed by atoms with van der Waals surface area (Å²) in [5.41, 5.74) is 0.236. The predicted octanol–water partition coefficient (Wildman–Crippen LogP) is 1.69. The topological polar surface area (TPSA) is 147 Å². The number of thiazole rings is 1. The van der Waals surface area contributed by atoms with E-state index < -0.39 is 32.4 Å². The molecule has 0 fully saturated rings. The third-order valence-corrected chi connectivity index (χ3v) is 7.00. The van der Waals surface area contributed by atoms with Crippen LogP contribution in [0.15, 0.2) is 52.4 Å². The van der Waals surface area contributed by atoms with Crippen LogP contribution in [0, 0.1) is 10.1 Å². The lowest BCUT2D eigenvalue weighted by Crippen LogP contribution is -2.24. The molecule has 0 unspecified atom stereocenters. The fourth-order valence-electron chi connectivity index (χ4n) is 2.78. The average molecular weight is 479 g/mol. The second kappa shape index (κ2) is 9.28. The Morgan fingerprint density at radius 3 is 2.44 bits per heavy atom. The molecule has 11 nitrogen and oxygen atoms in total. The van der Waals surface area contributed by atoms with E-state index in [1.807, 2.05) is 0 Å². The number of non-ortho nitro benzene ring substituents is 1. The Hall–Kier alpha value is -3.58. The van der Waals surface area contributed by atoms with Crippen LogP contribution in [0.5, 0.6) is 5.75 Å². The van der Waals surface area contributed by atoms with E-state index in [1.54, 1.807) is 0 Å². The zero-order valence-corrected chi connectivity index (χ0v) is 18.5. The van der Waals surface area contributed by atoms with Crippen LogP contribution in [0.1, 0.15) is 0 Å². The van der Waals surface area contributed by atoms with Gasteiger partial charge in [0.2, 0.25) is 0 Å². The van der Waals surface area contributed by atoms with Gasteiger partial charge in [0.1, 0.15) is 18.0 Å². The van der Waals surface area contributed by atoms with E-state index in [-0.39, 0.29) is 21.9 Å². The standard InChI is InChI=1S/C19H17N3O8S2/c1-29-13-4-6-14(7-5-13)32(27,28)11-17(23)20-19-21(10-18(24)30-2)15-8-3-12(22(25)26)9-16(15)31-19/h3-9H,10-11H2,1-2H3. The van der Waals surface area contributed by atoms with Crippen LogP contribution >= 0.6 is 11.3 Å². The number of nitro groups is 1.